The number of halogens is 2. The second kappa shape index (κ2) is 12.4. The standard InChI is InChI=1S/C29H28ClFN4O3/c1-2-15-35(28(37)21-7-9-22(30)10-8-21)20-27(36)32-23-11-13-24(14-12-23)33-16-18-34(19-17-33)29(38)25-5-3-4-6-26(25)31/h2-14H,1,15-20H2,(H,32,36). The highest BCUT2D eigenvalue weighted by Crippen LogP contribution is 2.21. The van der Waals surface area contributed by atoms with Crippen LogP contribution in [0.2, 0.25) is 5.02 Å². The Bertz CT molecular complexity index is 1310. The van der Waals surface area contributed by atoms with E-state index in [0.29, 0.717) is 42.5 Å². The zero-order valence-corrected chi connectivity index (χ0v) is 21.5. The van der Waals surface area contributed by atoms with Gasteiger partial charge in [0.25, 0.3) is 11.8 Å². The minimum absolute atomic E-state index is 0.0857. The second-order valence-electron chi connectivity index (χ2n) is 8.84. The summed E-state index contributed by atoms with van der Waals surface area (Å²) in [7, 11) is 0. The largest absolute Gasteiger partial charge is 0.368 e. The first kappa shape index (κ1) is 26.9. The lowest BCUT2D eigenvalue weighted by Crippen LogP contribution is -2.49. The van der Waals surface area contributed by atoms with Crippen molar-refractivity contribution < 1.29 is 18.8 Å². The van der Waals surface area contributed by atoms with Crippen LogP contribution in [-0.2, 0) is 4.79 Å². The van der Waals surface area contributed by atoms with Gasteiger partial charge in [0.05, 0.1) is 5.56 Å². The molecule has 4 rings (SSSR count). The van der Waals surface area contributed by atoms with Crippen molar-refractivity contribution in [2.24, 2.45) is 0 Å². The summed E-state index contributed by atoms with van der Waals surface area (Å²) in [6.07, 6.45) is 1.57. The van der Waals surface area contributed by atoms with E-state index in [0.717, 1.165) is 5.69 Å². The summed E-state index contributed by atoms with van der Waals surface area (Å²) in [6.45, 7) is 5.94. The highest BCUT2D eigenvalue weighted by molar-refractivity contribution is 6.30. The van der Waals surface area contributed by atoms with Crippen molar-refractivity contribution in [1.29, 1.82) is 0 Å². The van der Waals surface area contributed by atoms with E-state index < -0.39 is 5.82 Å². The van der Waals surface area contributed by atoms with E-state index in [1.54, 1.807) is 59.5 Å². The number of amides is 3. The monoisotopic (exact) mass is 534 g/mol. The first-order valence-corrected chi connectivity index (χ1v) is 12.6. The van der Waals surface area contributed by atoms with Gasteiger partial charge in [0.15, 0.2) is 0 Å². The topological polar surface area (TPSA) is 73.0 Å². The SMILES string of the molecule is C=CCN(CC(=O)Nc1ccc(N2CCN(C(=O)c3ccccc3F)CC2)cc1)C(=O)c1ccc(Cl)cc1. The molecule has 0 bridgehead atoms. The van der Waals surface area contributed by atoms with Crippen molar-refractivity contribution in [3.63, 3.8) is 0 Å². The van der Waals surface area contributed by atoms with Crippen LogP contribution in [0.25, 0.3) is 0 Å². The molecule has 1 N–H and O–H groups in total. The van der Waals surface area contributed by atoms with Gasteiger partial charge in [0.1, 0.15) is 12.4 Å². The summed E-state index contributed by atoms with van der Waals surface area (Å²) in [5.74, 6) is -1.44. The fourth-order valence-corrected chi connectivity index (χ4v) is 4.38. The molecule has 1 saturated heterocycles. The average molecular weight is 535 g/mol. The fourth-order valence-electron chi connectivity index (χ4n) is 4.25. The lowest BCUT2D eigenvalue weighted by molar-refractivity contribution is -0.116. The molecule has 1 aliphatic heterocycles. The first-order chi connectivity index (χ1) is 18.4. The van der Waals surface area contributed by atoms with Crippen molar-refractivity contribution in [2.45, 2.75) is 0 Å². The zero-order valence-electron chi connectivity index (χ0n) is 20.8. The van der Waals surface area contributed by atoms with Crippen molar-refractivity contribution >= 4 is 40.7 Å². The van der Waals surface area contributed by atoms with Crippen molar-refractivity contribution in [2.75, 3.05) is 49.5 Å². The number of anilines is 2. The molecule has 1 fully saturated rings. The molecule has 3 aromatic rings. The number of nitrogens with zero attached hydrogens (tertiary/aromatic N) is 3. The molecule has 0 aliphatic carbocycles. The van der Waals surface area contributed by atoms with Crippen molar-refractivity contribution in [3.05, 3.63) is 107 Å². The summed E-state index contributed by atoms with van der Waals surface area (Å²) in [4.78, 5) is 43.4. The summed E-state index contributed by atoms with van der Waals surface area (Å²) >= 11 is 5.90. The molecule has 0 atom stereocenters. The number of carbonyl (C=O) groups excluding carboxylic acids is 3. The highest BCUT2D eigenvalue weighted by Gasteiger charge is 2.24. The van der Waals surface area contributed by atoms with E-state index in [4.69, 9.17) is 11.6 Å². The van der Waals surface area contributed by atoms with Crippen LogP contribution in [0.4, 0.5) is 15.8 Å². The van der Waals surface area contributed by atoms with E-state index in [1.165, 1.54) is 17.0 Å². The molecule has 0 spiro atoms. The lowest BCUT2D eigenvalue weighted by atomic mass is 10.1. The Balaban J connectivity index is 1.31. The maximum absolute atomic E-state index is 14.0. The predicted molar refractivity (Wildman–Crippen MR) is 147 cm³/mol. The molecule has 3 amide bonds. The number of rotatable bonds is 8. The van der Waals surface area contributed by atoms with Gasteiger partial charge in [-0.05, 0) is 60.7 Å². The maximum Gasteiger partial charge on any atom is 0.256 e. The van der Waals surface area contributed by atoms with E-state index in [2.05, 4.69) is 16.8 Å². The van der Waals surface area contributed by atoms with Gasteiger partial charge in [-0.15, -0.1) is 6.58 Å². The average Bonchev–Trinajstić information content (AvgIpc) is 2.93. The molecule has 196 valence electrons. The fraction of sp³-hybridized carbons (Fsp3) is 0.207. The molecule has 0 aromatic heterocycles. The third-order valence-electron chi connectivity index (χ3n) is 6.25. The molecule has 0 unspecified atom stereocenters. The number of piperazine rings is 1. The number of benzene rings is 3. The maximum atomic E-state index is 14.0. The quantitative estimate of drug-likeness (QED) is 0.425. The molecule has 1 aliphatic rings. The number of carbonyl (C=O) groups is 3. The van der Waals surface area contributed by atoms with Gasteiger partial charge in [-0.3, -0.25) is 14.4 Å². The minimum atomic E-state index is -0.514. The summed E-state index contributed by atoms with van der Waals surface area (Å²) in [6, 6.07) is 19.9. The molecular formula is C29H28ClFN4O3. The molecule has 3 aromatic carbocycles. The zero-order chi connectivity index (χ0) is 27.1. The van der Waals surface area contributed by atoms with Gasteiger partial charge in [-0.2, -0.15) is 0 Å². The second-order valence-corrected chi connectivity index (χ2v) is 9.27. The summed E-state index contributed by atoms with van der Waals surface area (Å²) in [5.41, 5.74) is 2.07. The predicted octanol–water partition coefficient (Wildman–Crippen LogP) is 4.71. The van der Waals surface area contributed by atoms with Gasteiger partial charge in [-0.1, -0.05) is 29.8 Å². The van der Waals surface area contributed by atoms with Crippen molar-refractivity contribution in [3.8, 4) is 0 Å². The van der Waals surface area contributed by atoms with E-state index >= 15 is 0 Å². The molecule has 0 radical (unpaired) electrons. The highest BCUT2D eigenvalue weighted by atomic mass is 35.5. The number of nitrogens with one attached hydrogen (secondary N) is 1. The van der Waals surface area contributed by atoms with Crippen LogP contribution < -0.4 is 10.2 Å². The number of hydrogen-bond acceptors (Lipinski definition) is 4. The van der Waals surface area contributed by atoms with Gasteiger partial charge >= 0.3 is 0 Å². The molecule has 0 saturated carbocycles. The van der Waals surface area contributed by atoms with Crippen LogP contribution in [0.3, 0.4) is 0 Å². The summed E-state index contributed by atoms with van der Waals surface area (Å²) < 4.78 is 14.0. The van der Waals surface area contributed by atoms with E-state index in [1.807, 2.05) is 12.1 Å². The van der Waals surface area contributed by atoms with E-state index in [9.17, 15) is 18.8 Å². The Morgan fingerprint density at radius 1 is 0.947 bits per heavy atom. The van der Waals surface area contributed by atoms with Crippen LogP contribution in [0.1, 0.15) is 20.7 Å². The molecule has 7 nitrogen and oxygen atoms in total. The van der Waals surface area contributed by atoms with Gasteiger partial charge in [0, 0.05) is 54.7 Å². The van der Waals surface area contributed by atoms with Crippen molar-refractivity contribution in [1.82, 2.24) is 9.80 Å². The Hall–Kier alpha value is -4.17. The smallest absolute Gasteiger partial charge is 0.256 e. The third kappa shape index (κ3) is 6.58. The Labute approximate surface area is 226 Å². The van der Waals surface area contributed by atoms with Gasteiger partial charge in [-0.25, -0.2) is 4.39 Å². The van der Waals surface area contributed by atoms with Crippen LogP contribution in [0.15, 0.2) is 85.5 Å². The van der Waals surface area contributed by atoms with Gasteiger partial charge in [0.2, 0.25) is 5.91 Å². The first-order valence-electron chi connectivity index (χ1n) is 12.2. The molecule has 9 heteroatoms. The summed E-state index contributed by atoms with van der Waals surface area (Å²) in [5, 5.41) is 3.35. The van der Waals surface area contributed by atoms with Crippen LogP contribution in [0.5, 0.6) is 0 Å². The number of hydrogen-bond donors (Lipinski definition) is 1. The Morgan fingerprint density at radius 3 is 2.24 bits per heavy atom. The lowest BCUT2D eigenvalue weighted by Gasteiger charge is -2.36. The van der Waals surface area contributed by atoms with Crippen LogP contribution in [0, 0.1) is 5.82 Å². The minimum Gasteiger partial charge on any atom is -0.368 e. The van der Waals surface area contributed by atoms with E-state index in [-0.39, 0.29) is 36.4 Å². The molecule has 1 heterocycles. The Morgan fingerprint density at radius 2 is 1.61 bits per heavy atom. The third-order valence-corrected chi connectivity index (χ3v) is 6.50. The normalized spacial score (nSPS) is 13.1. The molecule has 38 heavy (non-hydrogen) atoms. The van der Waals surface area contributed by atoms with Gasteiger partial charge < -0.3 is 20.0 Å². The molecular weight excluding hydrogens is 507 g/mol. The Kier molecular flexibility index (Phi) is 8.76. The van der Waals surface area contributed by atoms with Crippen LogP contribution in [-0.4, -0.2) is 66.8 Å². The van der Waals surface area contributed by atoms with Crippen LogP contribution >= 0.6 is 11.6 Å².